The Labute approximate surface area is 121 Å². The minimum Gasteiger partial charge on any atom is -0.389 e. The van der Waals surface area contributed by atoms with Crippen LogP contribution < -0.4 is 0 Å². The fourth-order valence-electron chi connectivity index (χ4n) is 1.74. The third-order valence-corrected chi connectivity index (χ3v) is 4.19. The van der Waals surface area contributed by atoms with Crippen molar-refractivity contribution in [1.29, 1.82) is 0 Å². The van der Waals surface area contributed by atoms with Crippen LogP contribution in [0.25, 0.3) is 0 Å². The number of thioether (sulfide) groups is 1. The summed E-state index contributed by atoms with van der Waals surface area (Å²) in [5.74, 6) is 0.343. The van der Waals surface area contributed by atoms with E-state index >= 15 is 0 Å². The minimum absolute atomic E-state index is 0.294. The SMILES string of the molecule is C[C@H](O)c1cccc(F)c1SCc1ccc(Cl)cc1. The molecule has 2 aromatic rings. The first-order chi connectivity index (χ1) is 9.08. The molecule has 0 radical (unpaired) electrons. The van der Waals surface area contributed by atoms with Crippen molar-refractivity contribution in [3.63, 3.8) is 0 Å². The molecule has 2 aromatic carbocycles. The lowest BCUT2D eigenvalue weighted by atomic mass is 10.1. The first-order valence-corrected chi connectivity index (χ1v) is 7.28. The lowest BCUT2D eigenvalue weighted by molar-refractivity contribution is 0.195. The van der Waals surface area contributed by atoms with Crippen LogP contribution in [-0.2, 0) is 5.75 Å². The predicted molar refractivity (Wildman–Crippen MR) is 78.0 cm³/mol. The van der Waals surface area contributed by atoms with Crippen molar-refractivity contribution in [1.82, 2.24) is 0 Å². The molecule has 0 aliphatic carbocycles. The Morgan fingerprint density at radius 3 is 2.53 bits per heavy atom. The summed E-state index contributed by atoms with van der Waals surface area (Å²) in [7, 11) is 0. The maximum Gasteiger partial charge on any atom is 0.137 e. The molecule has 1 atom stereocenters. The monoisotopic (exact) mass is 296 g/mol. The number of aliphatic hydroxyl groups is 1. The molecule has 1 nitrogen and oxygen atoms in total. The van der Waals surface area contributed by atoms with E-state index in [2.05, 4.69) is 0 Å². The van der Waals surface area contributed by atoms with Gasteiger partial charge in [0.1, 0.15) is 5.82 Å². The molecule has 0 spiro atoms. The first kappa shape index (κ1) is 14.4. The Hall–Kier alpha value is -1.03. The zero-order valence-electron chi connectivity index (χ0n) is 10.4. The van der Waals surface area contributed by atoms with Crippen molar-refractivity contribution in [3.05, 3.63) is 64.4 Å². The molecule has 0 aromatic heterocycles. The lowest BCUT2D eigenvalue weighted by Gasteiger charge is -2.12. The molecule has 2 rings (SSSR count). The van der Waals surface area contributed by atoms with Gasteiger partial charge in [-0.25, -0.2) is 4.39 Å². The summed E-state index contributed by atoms with van der Waals surface area (Å²) in [6.45, 7) is 1.64. The molecular weight excluding hydrogens is 283 g/mol. The van der Waals surface area contributed by atoms with Gasteiger partial charge in [0.15, 0.2) is 0 Å². The third-order valence-electron chi connectivity index (χ3n) is 2.74. The van der Waals surface area contributed by atoms with E-state index in [4.69, 9.17) is 11.6 Å². The highest BCUT2D eigenvalue weighted by molar-refractivity contribution is 7.98. The normalized spacial score (nSPS) is 12.4. The van der Waals surface area contributed by atoms with Gasteiger partial charge in [-0.15, -0.1) is 11.8 Å². The van der Waals surface area contributed by atoms with Gasteiger partial charge in [-0.05, 0) is 36.2 Å². The van der Waals surface area contributed by atoms with Crippen LogP contribution in [-0.4, -0.2) is 5.11 Å². The van der Waals surface area contributed by atoms with Gasteiger partial charge in [0.05, 0.1) is 6.10 Å². The van der Waals surface area contributed by atoms with E-state index in [1.807, 2.05) is 24.3 Å². The van der Waals surface area contributed by atoms with Gasteiger partial charge in [0.2, 0.25) is 0 Å². The predicted octanol–water partition coefficient (Wildman–Crippen LogP) is 4.82. The molecule has 19 heavy (non-hydrogen) atoms. The minimum atomic E-state index is -0.677. The van der Waals surface area contributed by atoms with Gasteiger partial charge in [0.25, 0.3) is 0 Å². The number of rotatable bonds is 4. The molecule has 0 aliphatic rings. The van der Waals surface area contributed by atoms with Gasteiger partial charge in [0, 0.05) is 15.7 Å². The van der Waals surface area contributed by atoms with Crippen LogP contribution in [0, 0.1) is 5.82 Å². The summed E-state index contributed by atoms with van der Waals surface area (Å²) in [5, 5.41) is 10.3. The van der Waals surface area contributed by atoms with Crippen LogP contribution in [0.3, 0.4) is 0 Å². The van der Waals surface area contributed by atoms with Crippen molar-refractivity contribution >= 4 is 23.4 Å². The molecule has 100 valence electrons. The summed E-state index contributed by atoms with van der Waals surface area (Å²) in [6, 6.07) is 12.2. The highest BCUT2D eigenvalue weighted by Crippen LogP contribution is 2.32. The maximum atomic E-state index is 13.8. The molecule has 4 heteroatoms. The highest BCUT2D eigenvalue weighted by atomic mass is 35.5. The fraction of sp³-hybridized carbons (Fsp3) is 0.200. The molecule has 0 aliphatic heterocycles. The molecule has 1 N–H and O–H groups in total. The zero-order chi connectivity index (χ0) is 13.8. The molecule has 0 bridgehead atoms. The molecular formula is C15H14ClFOS. The largest absolute Gasteiger partial charge is 0.389 e. The molecule has 0 saturated carbocycles. The van der Waals surface area contributed by atoms with E-state index in [1.54, 1.807) is 19.1 Å². The molecule has 0 heterocycles. The fourth-order valence-corrected chi connectivity index (χ4v) is 2.98. The summed E-state index contributed by atoms with van der Waals surface area (Å²) in [5.41, 5.74) is 1.69. The van der Waals surface area contributed by atoms with Crippen LogP contribution >= 0.6 is 23.4 Å². The van der Waals surface area contributed by atoms with Crippen molar-refractivity contribution in [2.24, 2.45) is 0 Å². The number of hydrogen-bond acceptors (Lipinski definition) is 2. The Morgan fingerprint density at radius 1 is 1.21 bits per heavy atom. The Balaban J connectivity index is 2.17. The van der Waals surface area contributed by atoms with E-state index in [0.717, 1.165) is 5.56 Å². The van der Waals surface area contributed by atoms with E-state index in [1.165, 1.54) is 17.8 Å². The summed E-state index contributed by atoms with van der Waals surface area (Å²) in [4.78, 5) is 0.507. The van der Waals surface area contributed by atoms with Gasteiger partial charge >= 0.3 is 0 Å². The van der Waals surface area contributed by atoms with E-state index in [0.29, 0.717) is 21.2 Å². The van der Waals surface area contributed by atoms with Crippen molar-refractivity contribution < 1.29 is 9.50 Å². The number of benzene rings is 2. The van der Waals surface area contributed by atoms with Gasteiger partial charge in [-0.2, -0.15) is 0 Å². The quantitative estimate of drug-likeness (QED) is 0.816. The summed E-state index contributed by atoms with van der Waals surface area (Å²) in [6.07, 6.45) is -0.677. The second-order valence-electron chi connectivity index (χ2n) is 4.25. The standard InChI is InChI=1S/C15H14ClFOS/c1-10(18)13-3-2-4-14(17)15(13)19-9-11-5-7-12(16)8-6-11/h2-8,10,18H,9H2,1H3/t10-/m0/s1. The van der Waals surface area contributed by atoms with Crippen LogP contribution in [0.5, 0.6) is 0 Å². The number of aliphatic hydroxyl groups excluding tert-OH is 1. The lowest BCUT2D eigenvalue weighted by Crippen LogP contribution is -1.97. The second kappa shape index (κ2) is 6.42. The van der Waals surface area contributed by atoms with Gasteiger partial charge in [-0.3, -0.25) is 0 Å². The third kappa shape index (κ3) is 3.72. The Bertz CT molecular complexity index is 555. The molecule has 0 fully saturated rings. The number of halogens is 2. The summed E-state index contributed by atoms with van der Waals surface area (Å²) < 4.78 is 13.8. The zero-order valence-corrected chi connectivity index (χ0v) is 12.0. The number of hydrogen-bond donors (Lipinski definition) is 1. The molecule has 0 amide bonds. The molecule has 0 saturated heterocycles. The van der Waals surface area contributed by atoms with Gasteiger partial charge < -0.3 is 5.11 Å². The highest BCUT2D eigenvalue weighted by Gasteiger charge is 2.12. The first-order valence-electron chi connectivity index (χ1n) is 5.91. The summed E-state index contributed by atoms with van der Waals surface area (Å²) >= 11 is 7.20. The Kier molecular flexibility index (Phi) is 4.86. The smallest absolute Gasteiger partial charge is 0.137 e. The second-order valence-corrected chi connectivity index (χ2v) is 5.67. The maximum absolute atomic E-state index is 13.8. The van der Waals surface area contributed by atoms with Crippen LogP contribution in [0.1, 0.15) is 24.2 Å². The topological polar surface area (TPSA) is 20.2 Å². The van der Waals surface area contributed by atoms with Crippen molar-refractivity contribution in [2.45, 2.75) is 23.7 Å². The van der Waals surface area contributed by atoms with E-state index in [9.17, 15) is 9.50 Å². The van der Waals surface area contributed by atoms with Crippen molar-refractivity contribution in [2.75, 3.05) is 0 Å². The Morgan fingerprint density at radius 2 is 1.89 bits per heavy atom. The van der Waals surface area contributed by atoms with E-state index in [-0.39, 0.29) is 5.82 Å². The molecule has 0 unspecified atom stereocenters. The van der Waals surface area contributed by atoms with Crippen molar-refractivity contribution in [3.8, 4) is 0 Å². The van der Waals surface area contributed by atoms with Crippen LogP contribution in [0.15, 0.2) is 47.4 Å². The van der Waals surface area contributed by atoms with Gasteiger partial charge in [-0.1, -0.05) is 35.9 Å². The average Bonchev–Trinajstić information content (AvgIpc) is 2.39. The van der Waals surface area contributed by atoms with Crippen LogP contribution in [0.4, 0.5) is 4.39 Å². The van der Waals surface area contributed by atoms with Crippen LogP contribution in [0.2, 0.25) is 5.02 Å². The average molecular weight is 297 g/mol. The van der Waals surface area contributed by atoms with E-state index < -0.39 is 6.10 Å².